The molecule has 3 rings (SSSR count). The highest BCUT2D eigenvalue weighted by atomic mass is 16.5. The normalized spacial score (nSPS) is 10.5. The van der Waals surface area contributed by atoms with Gasteiger partial charge in [-0.25, -0.2) is 0 Å². The molecule has 0 aliphatic carbocycles. The number of nitrogens with one attached hydrogen (secondary N) is 1. The molecule has 0 saturated carbocycles. The summed E-state index contributed by atoms with van der Waals surface area (Å²) < 4.78 is 7.16. The van der Waals surface area contributed by atoms with Gasteiger partial charge in [0.1, 0.15) is 11.3 Å². The number of rotatable bonds is 5. The number of hydrogen-bond donors (Lipinski definition) is 1. The third kappa shape index (κ3) is 4.08. The van der Waals surface area contributed by atoms with Crippen LogP contribution in [0.5, 0.6) is 5.75 Å². The minimum absolute atomic E-state index is 0.165. The van der Waals surface area contributed by atoms with E-state index in [1.54, 1.807) is 26.2 Å². The molecule has 0 fully saturated rings. The Morgan fingerprint density at radius 1 is 1.04 bits per heavy atom. The zero-order valence-electron chi connectivity index (χ0n) is 15.7. The molecule has 0 spiro atoms. The van der Waals surface area contributed by atoms with Crippen LogP contribution in [0.4, 0.5) is 5.69 Å². The van der Waals surface area contributed by atoms with Crippen molar-refractivity contribution in [3.63, 3.8) is 0 Å². The van der Waals surface area contributed by atoms with Crippen molar-refractivity contribution >= 4 is 11.6 Å². The number of aromatic nitrogens is 1. The van der Waals surface area contributed by atoms with E-state index in [2.05, 4.69) is 5.32 Å². The molecule has 2 aromatic carbocycles. The van der Waals surface area contributed by atoms with Crippen molar-refractivity contribution in [2.75, 3.05) is 12.4 Å². The average molecular weight is 362 g/mol. The van der Waals surface area contributed by atoms with Crippen molar-refractivity contribution < 1.29 is 9.53 Å². The molecule has 0 unspecified atom stereocenters. The van der Waals surface area contributed by atoms with E-state index in [0.29, 0.717) is 17.9 Å². The predicted octanol–water partition coefficient (Wildman–Crippen LogP) is 3.77. The molecular formula is C22H22N2O3. The lowest BCUT2D eigenvalue weighted by molar-refractivity contribution is 0.102. The second kappa shape index (κ2) is 7.91. The number of hydrogen-bond acceptors (Lipinski definition) is 3. The maximum absolute atomic E-state index is 12.7. The van der Waals surface area contributed by atoms with Gasteiger partial charge in [0.15, 0.2) is 5.43 Å². The van der Waals surface area contributed by atoms with Gasteiger partial charge in [0.25, 0.3) is 5.91 Å². The van der Waals surface area contributed by atoms with Gasteiger partial charge in [-0.3, -0.25) is 9.59 Å². The average Bonchev–Trinajstić information content (AvgIpc) is 2.66. The second-order valence-corrected chi connectivity index (χ2v) is 6.36. The van der Waals surface area contributed by atoms with Gasteiger partial charge in [-0.05, 0) is 43.7 Å². The predicted molar refractivity (Wildman–Crippen MR) is 107 cm³/mol. The minimum Gasteiger partial charge on any atom is -0.497 e. The van der Waals surface area contributed by atoms with Crippen molar-refractivity contribution in [3.05, 3.63) is 93.4 Å². The van der Waals surface area contributed by atoms with Crippen molar-refractivity contribution in [1.82, 2.24) is 4.57 Å². The molecule has 3 aromatic rings. The SMILES string of the molecule is COc1ccc(Cn2c(C)cc(=O)c(C(=O)Nc3ccccc3)c2C)cc1. The van der Waals surface area contributed by atoms with Crippen molar-refractivity contribution in [3.8, 4) is 5.75 Å². The Morgan fingerprint density at radius 3 is 2.33 bits per heavy atom. The van der Waals surface area contributed by atoms with E-state index in [4.69, 9.17) is 4.74 Å². The monoisotopic (exact) mass is 362 g/mol. The molecule has 0 bridgehead atoms. The van der Waals surface area contributed by atoms with Crippen LogP contribution in [0, 0.1) is 13.8 Å². The highest BCUT2D eigenvalue weighted by molar-refractivity contribution is 6.04. The molecule has 5 nitrogen and oxygen atoms in total. The van der Waals surface area contributed by atoms with E-state index in [0.717, 1.165) is 17.0 Å². The quantitative estimate of drug-likeness (QED) is 0.751. The van der Waals surface area contributed by atoms with Gasteiger partial charge in [-0.2, -0.15) is 0 Å². The molecule has 1 N–H and O–H groups in total. The topological polar surface area (TPSA) is 60.3 Å². The Kier molecular flexibility index (Phi) is 5.41. The van der Waals surface area contributed by atoms with Gasteiger partial charge in [0, 0.05) is 29.7 Å². The van der Waals surface area contributed by atoms with Gasteiger partial charge >= 0.3 is 0 Å². The maximum Gasteiger partial charge on any atom is 0.261 e. The van der Waals surface area contributed by atoms with Gasteiger partial charge in [-0.15, -0.1) is 0 Å². The van der Waals surface area contributed by atoms with Crippen LogP contribution in [0.1, 0.15) is 27.3 Å². The number of methoxy groups -OCH3 is 1. The Labute approximate surface area is 158 Å². The molecule has 0 saturated heterocycles. The van der Waals surface area contributed by atoms with E-state index >= 15 is 0 Å². The Morgan fingerprint density at radius 2 is 1.70 bits per heavy atom. The number of aryl methyl sites for hydroxylation is 1. The van der Waals surface area contributed by atoms with E-state index in [-0.39, 0.29) is 11.0 Å². The summed E-state index contributed by atoms with van der Waals surface area (Å²) in [6.07, 6.45) is 0. The van der Waals surface area contributed by atoms with Gasteiger partial charge in [0.05, 0.1) is 7.11 Å². The van der Waals surface area contributed by atoms with Crippen LogP contribution in [0.2, 0.25) is 0 Å². The molecule has 0 atom stereocenters. The first-order valence-corrected chi connectivity index (χ1v) is 8.70. The van der Waals surface area contributed by atoms with Crippen LogP contribution in [0.25, 0.3) is 0 Å². The van der Waals surface area contributed by atoms with Crippen LogP contribution in [0.15, 0.2) is 65.5 Å². The molecular weight excluding hydrogens is 340 g/mol. The molecule has 1 aromatic heterocycles. The lowest BCUT2D eigenvalue weighted by Crippen LogP contribution is -2.27. The Hall–Kier alpha value is -3.34. The van der Waals surface area contributed by atoms with E-state index in [1.807, 2.05) is 54.0 Å². The summed E-state index contributed by atoms with van der Waals surface area (Å²) in [5.74, 6) is 0.391. The molecule has 0 aliphatic heterocycles. The van der Waals surface area contributed by atoms with Gasteiger partial charge < -0.3 is 14.6 Å². The van der Waals surface area contributed by atoms with Crippen LogP contribution < -0.4 is 15.5 Å². The number of pyridine rings is 1. The van der Waals surface area contributed by atoms with Crippen LogP contribution in [-0.4, -0.2) is 17.6 Å². The van der Waals surface area contributed by atoms with Crippen molar-refractivity contribution in [1.29, 1.82) is 0 Å². The summed E-state index contributed by atoms with van der Waals surface area (Å²) in [6.45, 7) is 4.24. The number of ether oxygens (including phenoxy) is 1. The zero-order chi connectivity index (χ0) is 19.4. The first-order valence-electron chi connectivity index (χ1n) is 8.70. The fraction of sp³-hybridized carbons (Fsp3) is 0.182. The summed E-state index contributed by atoms with van der Waals surface area (Å²) >= 11 is 0. The maximum atomic E-state index is 12.7. The fourth-order valence-corrected chi connectivity index (χ4v) is 3.07. The summed E-state index contributed by atoms with van der Waals surface area (Å²) in [6, 6.07) is 18.4. The number of nitrogens with zero attached hydrogens (tertiary/aromatic N) is 1. The van der Waals surface area contributed by atoms with Crippen molar-refractivity contribution in [2.24, 2.45) is 0 Å². The molecule has 5 heteroatoms. The third-order valence-electron chi connectivity index (χ3n) is 4.54. The third-order valence-corrected chi connectivity index (χ3v) is 4.54. The number of carbonyl (C=O) groups excluding carboxylic acids is 1. The summed E-state index contributed by atoms with van der Waals surface area (Å²) in [7, 11) is 1.63. The molecule has 138 valence electrons. The molecule has 0 radical (unpaired) electrons. The summed E-state index contributed by atoms with van der Waals surface area (Å²) in [4.78, 5) is 25.2. The second-order valence-electron chi connectivity index (χ2n) is 6.36. The molecule has 1 amide bonds. The fourth-order valence-electron chi connectivity index (χ4n) is 3.07. The zero-order valence-corrected chi connectivity index (χ0v) is 15.7. The first-order chi connectivity index (χ1) is 13.0. The number of anilines is 1. The summed E-state index contributed by atoms with van der Waals surface area (Å²) in [5.41, 5.74) is 3.06. The number of benzene rings is 2. The molecule has 1 heterocycles. The number of para-hydroxylation sites is 1. The standard InChI is InChI=1S/C22H22N2O3/c1-15-13-20(25)21(22(26)23-18-7-5-4-6-8-18)16(2)24(15)14-17-9-11-19(27-3)12-10-17/h4-13H,14H2,1-3H3,(H,23,26). The largest absolute Gasteiger partial charge is 0.497 e. The van der Waals surface area contributed by atoms with E-state index in [1.165, 1.54) is 6.07 Å². The van der Waals surface area contributed by atoms with Crippen LogP contribution >= 0.6 is 0 Å². The number of amides is 1. The Balaban J connectivity index is 1.94. The Bertz CT molecular complexity index is 1010. The highest BCUT2D eigenvalue weighted by Crippen LogP contribution is 2.16. The highest BCUT2D eigenvalue weighted by Gasteiger charge is 2.18. The first kappa shape index (κ1) is 18.5. The summed E-state index contributed by atoms with van der Waals surface area (Å²) in [5, 5.41) is 2.80. The molecule has 27 heavy (non-hydrogen) atoms. The smallest absolute Gasteiger partial charge is 0.261 e. The van der Waals surface area contributed by atoms with E-state index in [9.17, 15) is 9.59 Å². The molecule has 0 aliphatic rings. The lowest BCUT2D eigenvalue weighted by Gasteiger charge is -2.18. The van der Waals surface area contributed by atoms with Gasteiger partial charge in [-0.1, -0.05) is 30.3 Å². The van der Waals surface area contributed by atoms with Crippen molar-refractivity contribution in [2.45, 2.75) is 20.4 Å². The lowest BCUT2D eigenvalue weighted by atomic mass is 10.1. The van der Waals surface area contributed by atoms with Crippen LogP contribution in [0.3, 0.4) is 0 Å². The van der Waals surface area contributed by atoms with E-state index < -0.39 is 5.91 Å². The van der Waals surface area contributed by atoms with Crippen LogP contribution in [-0.2, 0) is 6.54 Å². The number of carbonyl (C=O) groups is 1. The van der Waals surface area contributed by atoms with Gasteiger partial charge in [0.2, 0.25) is 0 Å². The minimum atomic E-state index is -0.396.